The summed E-state index contributed by atoms with van der Waals surface area (Å²) in [4.78, 5) is 4.54. The summed E-state index contributed by atoms with van der Waals surface area (Å²) in [6, 6.07) is 6.00. The number of pyridine rings is 1. The zero-order valence-electron chi connectivity index (χ0n) is 12.7. The number of nitrogens with one attached hydrogen (secondary N) is 2. The van der Waals surface area contributed by atoms with E-state index in [4.69, 9.17) is 4.74 Å². The molecule has 0 aromatic carbocycles. The summed E-state index contributed by atoms with van der Waals surface area (Å²) in [5, 5.41) is 14.8. The first-order valence-corrected chi connectivity index (χ1v) is 7.07. The van der Waals surface area contributed by atoms with Gasteiger partial charge in [0, 0.05) is 25.9 Å². The standard InChI is InChI=1S/C14H22N6O/c1-4-15-14(17-11(2)10-21-3)16-9-13-19-18-12-7-5-6-8-20(12)13/h5-8,11H,4,9-10H2,1-3H3,(H2,15,16,17). The van der Waals surface area contributed by atoms with Crippen LogP contribution in [0.15, 0.2) is 29.4 Å². The molecule has 2 aromatic heterocycles. The van der Waals surface area contributed by atoms with Crippen LogP contribution < -0.4 is 10.6 Å². The van der Waals surface area contributed by atoms with Gasteiger partial charge in [-0.3, -0.25) is 4.40 Å². The number of guanidine groups is 1. The highest BCUT2D eigenvalue weighted by atomic mass is 16.5. The number of hydrogen-bond acceptors (Lipinski definition) is 4. The van der Waals surface area contributed by atoms with Gasteiger partial charge in [0.05, 0.1) is 6.61 Å². The van der Waals surface area contributed by atoms with E-state index in [9.17, 15) is 0 Å². The van der Waals surface area contributed by atoms with Crippen LogP contribution in [0.2, 0.25) is 0 Å². The molecule has 7 heteroatoms. The van der Waals surface area contributed by atoms with Gasteiger partial charge < -0.3 is 15.4 Å². The van der Waals surface area contributed by atoms with Crippen LogP contribution in [0.5, 0.6) is 0 Å². The van der Waals surface area contributed by atoms with Crippen LogP contribution in [0, 0.1) is 0 Å². The molecule has 0 bridgehead atoms. The third-order valence-corrected chi connectivity index (χ3v) is 2.91. The summed E-state index contributed by atoms with van der Waals surface area (Å²) < 4.78 is 7.06. The van der Waals surface area contributed by atoms with Crippen LogP contribution in [0.4, 0.5) is 0 Å². The first-order chi connectivity index (χ1) is 10.2. The molecule has 0 saturated heterocycles. The van der Waals surface area contributed by atoms with Crippen molar-refractivity contribution in [2.24, 2.45) is 4.99 Å². The van der Waals surface area contributed by atoms with Crippen molar-refractivity contribution in [1.29, 1.82) is 0 Å². The van der Waals surface area contributed by atoms with E-state index in [1.807, 2.05) is 42.6 Å². The number of nitrogens with zero attached hydrogens (tertiary/aromatic N) is 4. The molecular formula is C14H22N6O. The summed E-state index contributed by atoms with van der Waals surface area (Å²) >= 11 is 0. The van der Waals surface area contributed by atoms with E-state index in [2.05, 4.69) is 25.8 Å². The van der Waals surface area contributed by atoms with Crippen LogP contribution in [-0.2, 0) is 11.3 Å². The fraction of sp³-hybridized carbons (Fsp3) is 0.500. The fourth-order valence-electron chi connectivity index (χ4n) is 1.99. The van der Waals surface area contributed by atoms with Crippen LogP contribution in [0.25, 0.3) is 5.65 Å². The van der Waals surface area contributed by atoms with Crippen molar-refractivity contribution < 1.29 is 4.74 Å². The molecule has 0 radical (unpaired) electrons. The Balaban J connectivity index is 2.08. The minimum Gasteiger partial charge on any atom is -0.383 e. The number of aliphatic imine (C=N–C) groups is 1. The number of methoxy groups -OCH3 is 1. The second-order valence-electron chi connectivity index (χ2n) is 4.74. The average Bonchev–Trinajstić information content (AvgIpc) is 2.88. The molecule has 21 heavy (non-hydrogen) atoms. The van der Waals surface area contributed by atoms with Gasteiger partial charge in [0.15, 0.2) is 17.4 Å². The Hall–Kier alpha value is -2.15. The van der Waals surface area contributed by atoms with Crippen molar-refractivity contribution in [3.8, 4) is 0 Å². The van der Waals surface area contributed by atoms with Crippen molar-refractivity contribution in [2.45, 2.75) is 26.4 Å². The number of fused-ring (bicyclic) bond motifs is 1. The van der Waals surface area contributed by atoms with Crippen molar-refractivity contribution >= 4 is 11.6 Å². The Morgan fingerprint density at radius 1 is 1.43 bits per heavy atom. The average molecular weight is 290 g/mol. The third kappa shape index (κ3) is 4.16. The predicted molar refractivity (Wildman–Crippen MR) is 82.3 cm³/mol. The van der Waals surface area contributed by atoms with Gasteiger partial charge in [0.25, 0.3) is 0 Å². The molecule has 2 rings (SSSR count). The predicted octanol–water partition coefficient (Wildman–Crippen LogP) is 0.819. The van der Waals surface area contributed by atoms with E-state index in [1.54, 1.807) is 7.11 Å². The molecule has 0 fully saturated rings. The Morgan fingerprint density at radius 2 is 2.29 bits per heavy atom. The molecular weight excluding hydrogens is 268 g/mol. The molecule has 2 heterocycles. The van der Waals surface area contributed by atoms with Gasteiger partial charge in [-0.1, -0.05) is 6.07 Å². The molecule has 2 N–H and O–H groups in total. The summed E-state index contributed by atoms with van der Waals surface area (Å²) in [7, 11) is 1.69. The Labute approximate surface area is 124 Å². The highest BCUT2D eigenvalue weighted by Crippen LogP contribution is 2.03. The SMILES string of the molecule is CCNC(=NCc1nnc2ccccn12)NC(C)COC. The van der Waals surface area contributed by atoms with Gasteiger partial charge in [-0.05, 0) is 26.0 Å². The molecule has 0 amide bonds. The molecule has 1 unspecified atom stereocenters. The molecule has 0 saturated carbocycles. The second-order valence-corrected chi connectivity index (χ2v) is 4.74. The minimum absolute atomic E-state index is 0.183. The van der Waals surface area contributed by atoms with E-state index in [1.165, 1.54) is 0 Å². The van der Waals surface area contributed by atoms with Crippen LogP contribution in [0.1, 0.15) is 19.7 Å². The summed E-state index contributed by atoms with van der Waals surface area (Å²) in [5.41, 5.74) is 0.827. The zero-order valence-corrected chi connectivity index (χ0v) is 12.7. The summed E-state index contributed by atoms with van der Waals surface area (Å²) in [5.74, 6) is 1.55. The van der Waals surface area contributed by atoms with Crippen LogP contribution in [-0.4, -0.2) is 46.9 Å². The molecule has 0 aliphatic carbocycles. The van der Waals surface area contributed by atoms with Crippen molar-refractivity contribution in [1.82, 2.24) is 25.2 Å². The van der Waals surface area contributed by atoms with Crippen molar-refractivity contribution in [3.05, 3.63) is 30.2 Å². The third-order valence-electron chi connectivity index (χ3n) is 2.91. The van der Waals surface area contributed by atoms with Gasteiger partial charge in [0.2, 0.25) is 0 Å². The zero-order chi connectivity index (χ0) is 15.1. The molecule has 0 aliphatic heterocycles. The second kappa shape index (κ2) is 7.58. The maximum Gasteiger partial charge on any atom is 0.191 e. The molecule has 0 spiro atoms. The van der Waals surface area contributed by atoms with Crippen LogP contribution >= 0.6 is 0 Å². The van der Waals surface area contributed by atoms with Gasteiger partial charge >= 0.3 is 0 Å². The number of rotatable bonds is 6. The van der Waals surface area contributed by atoms with E-state index in [0.717, 1.165) is 24.0 Å². The lowest BCUT2D eigenvalue weighted by molar-refractivity contribution is 0.179. The molecule has 7 nitrogen and oxygen atoms in total. The Kier molecular flexibility index (Phi) is 5.51. The van der Waals surface area contributed by atoms with E-state index in [0.29, 0.717) is 13.2 Å². The van der Waals surface area contributed by atoms with Crippen molar-refractivity contribution in [3.63, 3.8) is 0 Å². The first-order valence-electron chi connectivity index (χ1n) is 7.07. The van der Waals surface area contributed by atoms with Gasteiger partial charge in [-0.15, -0.1) is 10.2 Å². The molecule has 0 aliphatic rings. The Morgan fingerprint density at radius 3 is 3.05 bits per heavy atom. The number of ether oxygens (including phenoxy) is 1. The van der Waals surface area contributed by atoms with E-state index < -0.39 is 0 Å². The lowest BCUT2D eigenvalue weighted by atomic mass is 10.4. The van der Waals surface area contributed by atoms with E-state index >= 15 is 0 Å². The maximum atomic E-state index is 5.12. The van der Waals surface area contributed by atoms with E-state index in [-0.39, 0.29) is 6.04 Å². The molecule has 114 valence electrons. The van der Waals surface area contributed by atoms with Crippen molar-refractivity contribution in [2.75, 3.05) is 20.3 Å². The first kappa shape index (κ1) is 15.2. The molecule has 1 atom stereocenters. The van der Waals surface area contributed by atoms with Gasteiger partial charge in [0.1, 0.15) is 6.54 Å². The quantitative estimate of drug-likeness (QED) is 0.608. The highest BCUT2D eigenvalue weighted by Gasteiger charge is 2.07. The monoisotopic (exact) mass is 290 g/mol. The van der Waals surface area contributed by atoms with Gasteiger partial charge in [-0.25, -0.2) is 4.99 Å². The largest absolute Gasteiger partial charge is 0.383 e. The fourth-order valence-corrected chi connectivity index (χ4v) is 1.99. The van der Waals surface area contributed by atoms with Crippen LogP contribution in [0.3, 0.4) is 0 Å². The number of hydrogen-bond donors (Lipinski definition) is 2. The maximum absolute atomic E-state index is 5.12. The Bertz CT molecular complexity index is 594. The smallest absolute Gasteiger partial charge is 0.191 e. The van der Waals surface area contributed by atoms with Gasteiger partial charge in [-0.2, -0.15) is 0 Å². The number of aromatic nitrogens is 3. The molecule has 2 aromatic rings. The lowest BCUT2D eigenvalue weighted by Gasteiger charge is -2.16. The minimum atomic E-state index is 0.183. The highest BCUT2D eigenvalue weighted by molar-refractivity contribution is 5.80. The summed E-state index contributed by atoms with van der Waals surface area (Å²) in [6.45, 7) is 5.96. The normalized spacial score (nSPS) is 13.4. The summed E-state index contributed by atoms with van der Waals surface area (Å²) in [6.07, 6.45) is 1.94. The lowest BCUT2D eigenvalue weighted by Crippen LogP contribution is -2.43. The topological polar surface area (TPSA) is 75.8 Å².